The van der Waals surface area contributed by atoms with Gasteiger partial charge >= 0.3 is 0 Å². The molecule has 0 radical (unpaired) electrons. The number of aryl methyl sites for hydroxylation is 3. The van der Waals surface area contributed by atoms with Crippen LogP contribution in [0.5, 0.6) is 0 Å². The van der Waals surface area contributed by atoms with Crippen molar-refractivity contribution in [2.75, 3.05) is 11.9 Å². The molecule has 4 heterocycles. The van der Waals surface area contributed by atoms with Crippen molar-refractivity contribution in [2.45, 2.75) is 33.2 Å². The third-order valence-electron chi connectivity index (χ3n) is 5.65. The Morgan fingerprint density at radius 3 is 2.41 bits per heavy atom. The first kappa shape index (κ1) is 22.6. The molecule has 0 amide bonds. The number of nitrogens with zero attached hydrogens (tertiary/aromatic N) is 4. The van der Waals surface area contributed by atoms with Gasteiger partial charge in [-0.1, -0.05) is 30.3 Å². The van der Waals surface area contributed by atoms with Crippen molar-refractivity contribution in [1.29, 1.82) is 0 Å². The summed E-state index contributed by atoms with van der Waals surface area (Å²) < 4.78 is 1.04. The van der Waals surface area contributed by atoms with Gasteiger partial charge in [-0.3, -0.25) is 4.98 Å². The largest absolute Gasteiger partial charge is 0.367 e. The lowest BCUT2D eigenvalue weighted by atomic mass is 10.1. The fraction of sp³-hybridized carbons (Fsp3) is 0.231. The Labute approximate surface area is 207 Å². The maximum absolute atomic E-state index is 6.48. The summed E-state index contributed by atoms with van der Waals surface area (Å²) in [6.07, 6.45) is 4.33. The Balaban J connectivity index is 1.56. The zero-order valence-corrected chi connectivity index (χ0v) is 21.0. The lowest BCUT2D eigenvalue weighted by Gasteiger charge is -2.14. The summed E-state index contributed by atoms with van der Waals surface area (Å²) in [5.41, 5.74) is 11.8. The molecule has 0 aliphatic rings. The average molecular weight is 487 g/mol. The Morgan fingerprint density at radius 2 is 1.71 bits per heavy atom. The van der Waals surface area contributed by atoms with Crippen molar-refractivity contribution in [2.24, 2.45) is 5.73 Å². The number of benzene rings is 1. The fourth-order valence-corrected chi connectivity index (χ4v) is 6.24. The monoisotopic (exact) mass is 486 g/mol. The van der Waals surface area contributed by atoms with Gasteiger partial charge in [-0.2, -0.15) is 0 Å². The molecule has 4 aromatic heterocycles. The zero-order chi connectivity index (χ0) is 23.7. The lowest BCUT2D eigenvalue weighted by Crippen LogP contribution is -2.31. The Hall–Kier alpha value is -3.20. The first-order chi connectivity index (χ1) is 16.5. The van der Waals surface area contributed by atoms with E-state index in [-0.39, 0.29) is 6.04 Å². The molecule has 0 fully saturated rings. The van der Waals surface area contributed by atoms with E-state index in [1.807, 2.05) is 37.3 Å². The van der Waals surface area contributed by atoms with Crippen LogP contribution in [0.4, 0.5) is 5.82 Å². The van der Waals surface area contributed by atoms with E-state index >= 15 is 0 Å². The standard InChI is InChI=1S/C26H26N6S2/c1-15-23(34-17(3)30-15)21-16(2)33-24-22(21)31-25(19-9-11-28-12-10-19)32-26(24)29-14-20(27)13-18-7-5-4-6-8-18/h4-12,20H,13-14,27H2,1-3H3,(H,29,31,32)/t20-/m0/s1. The number of fused-ring (bicyclic) bond motifs is 1. The van der Waals surface area contributed by atoms with Gasteiger partial charge in [0.2, 0.25) is 0 Å². The first-order valence-corrected chi connectivity index (χ1v) is 12.8. The molecule has 0 bridgehead atoms. The van der Waals surface area contributed by atoms with Crippen LogP contribution < -0.4 is 11.1 Å². The topological polar surface area (TPSA) is 89.6 Å². The predicted molar refractivity (Wildman–Crippen MR) is 143 cm³/mol. The second-order valence-corrected chi connectivity index (χ2v) is 10.7. The van der Waals surface area contributed by atoms with Crippen LogP contribution in [-0.2, 0) is 6.42 Å². The molecule has 3 N–H and O–H groups in total. The minimum absolute atomic E-state index is 0.0382. The normalized spacial score (nSPS) is 12.2. The Morgan fingerprint density at radius 1 is 0.941 bits per heavy atom. The summed E-state index contributed by atoms with van der Waals surface area (Å²) in [5, 5.41) is 4.59. The summed E-state index contributed by atoms with van der Waals surface area (Å²) >= 11 is 3.43. The second-order valence-electron chi connectivity index (χ2n) is 8.32. The molecule has 0 unspecified atom stereocenters. The third-order valence-corrected chi connectivity index (χ3v) is 7.84. The molecule has 0 aliphatic heterocycles. The second kappa shape index (κ2) is 9.58. The highest BCUT2D eigenvalue weighted by Gasteiger charge is 2.22. The number of anilines is 1. The van der Waals surface area contributed by atoms with E-state index in [1.165, 1.54) is 15.3 Å². The molecule has 0 saturated heterocycles. The van der Waals surface area contributed by atoms with E-state index in [1.54, 1.807) is 35.1 Å². The molecule has 1 atom stereocenters. The van der Waals surface area contributed by atoms with Gasteiger partial charge in [0.25, 0.3) is 0 Å². The summed E-state index contributed by atoms with van der Waals surface area (Å²) in [7, 11) is 0. The molecule has 5 rings (SSSR count). The summed E-state index contributed by atoms with van der Waals surface area (Å²) in [6, 6.07) is 14.2. The number of aromatic nitrogens is 4. The van der Waals surface area contributed by atoms with Crippen molar-refractivity contribution in [3.05, 3.63) is 76.0 Å². The van der Waals surface area contributed by atoms with Crippen LogP contribution in [0.15, 0.2) is 54.9 Å². The van der Waals surface area contributed by atoms with E-state index in [4.69, 9.17) is 15.7 Å². The van der Waals surface area contributed by atoms with Crippen molar-refractivity contribution in [3.8, 4) is 21.8 Å². The number of nitrogens with one attached hydrogen (secondary N) is 1. The number of hydrogen-bond acceptors (Lipinski definition) is 8. The van der Waals surface area contributed by atoms with E-state index in [9.17, 15) is 0 Å². The Bertz CT molecular complexity index is 1430. The molecule has 172 valence electrons. The minimum atomic E-state index is -0.0382. The number of pyridine rings is 1. The lowest BCUT2D eigenvalue weighted by molar-refractivity contribution is 0.698. The number of hydrogen-bond donors (Lipinski definition) is 2. The fourth-order valence-electron chi connectivity index (χ4n) is 4.08. The Kier molecular flexibility index (Phi) is 6.36. The van der Waals surface area contributed by atoms with Crippen LogP contribution in [0.3, 0.4) is 0 Å². The van der Waals surface area contributed by atoms with Crippen molar-refractivity contribution in [1.82, 2.24) is 19.9 Å². The van der Waals surface area contributed by atoms with Gasteiger partial charge < -0.3 is 11.1 Å². The molecular formula is C26H26N6S2. The molecule has 34 heavy (non-hydrogen) atoms. The molecule has 0 saturated carbocycles. The molecule has 5 aromatic rings. The molecular weight excluding hydrogens is 460 g/mol. The number of thiophene rings is 1. The van der Waals surface area contributed by atoms with Gasteiger partial charge in [-0.05, 0) is 44.9 Å². The van der Waals surface area contributed by atoms with Crippen LogP contribution in [0.2, 0.25) is 0 Å². The number of rotatable bonds is 7. The highest BCUT2D eigenvalue weighted by Crippen LogP contribution is 2.44. The molecule has 1 aromatic carbocycles. The van der Waals surface area contributed by atoms with Gasteiger partial charge in [-0.15, -0.1) is 22.7 Å². The van der Waals surface area contributed by atoms with Gasteiger partial charge in [0, 0.05) is 41.0 Å². The number of nitrogens with two attached hydrogens (primary N) is 1. The minimum Gasteiger partial charge on any atom is -0.367 e. The van der Waals surface area contributed by atoms with Gasteiger partial charge in [0.1, 0.15) is 5.82 Å². The molecule has 8 heteroatoms. The summed E-state index contributed by atoms with van der Waals surface area (Å²) in [5.74, 6) is 1.49. The van der Waals surface area contributed by atoms with E-state index in [0.29, 0.717) is 12.4 Å². The van der Waals surface area contributed by atoms with Crippen molar-refractivity contribution < 1.29 is 0 Å². The van der Waals surface area contributed by atoms with E-state index < -0.39 is 0 Å². The first-order valence-electron chi connectivity index (χ1n) is 11.2. The molecule has 6 nitrogen and oxygen atoms in total. The predicted octanol–water partition coefficient (Wildman–Crippen LogP) is 5.78. The van der Waals surface area contributed by atoms with Crippen molar-refractivity contribution >= 4 is 38.7 Å². The highest BCUT2D eigenvalue weighted by molar-refractivity contribution is 7.21. The summed E-state index contributed by atoms with van der Waals surface area (Å²) in [4.78, 5) is 21.1. The van der Waals surface area contributed by atoms with Gasteiger partial charge in [0.15, 0.2) is 5.82 Å². The maximum atomic E-state index is 6.48. The van der Waals surface area contributed by atoms with Crippen LogP contribution in [0.25, 0.3) is 32.0 Å². The average Bonchev–Trinajstić information content (AvgIpc) is 3.35. The van der Waals surface area contributed by atoms with E-state index in [0.717, 1.165) is 44.3 Å². The SMILES string of the molecule is Cc1nc(C)c(-c2c(C)sc3c(NC[C@@H](N)Cc4ccccc4)nc(-c4ccncc4)nc23)s1. The highest BCUT2D eigenvalue weighted by atomic mass is 32.1. The van der Waals surface area contributed by atoms with Crippen LogP contribution in [0.1, 0.15) is 21.1 Å². The third kappa shape index (κ3) is 4.57. The maximum Gasteiger partial charge on any atom is 0.162 e. The number of thiazole rings is 1. The van der Waals surface area contributed by atoms with E-state index in [2.05, 4.69) is 41.3 Å². The molecule has 0 spiro atoms. The smallest absolute Gasteiger partial charge is 0.162 e. The van der Waals surface area contributed by atoms with Gasteiger partial charge in [0.05, 0.1) is 25.8 Å². The quantitative estimate of drug-likeness (QED) is 0.303. The summed E-state index contributed by atoms with van der Waals surface area (Å²) in [6.45, 7) is 6.87. The van der Waals surface area contributed by atoms with Crippen LogP contribution >= 0.6 is 22.7 Å². The van der Waals surface area contributed by atoms with Crippen molar-refractivity contribution in [3.63, 3.8) is 0 Å². The van der Waals surface area contributed by atoms with Crippen LogP contribution in [0, 0.1) is 20.8 Å². The molecule has 0 aliphatic carbocycles. The van der Waals surface area contributed by atoms with Gasteiger partial charge in [-0.25, -0.2) is 15.0 Å². The zero-order valence-electron chi connectivity index (χ0n) is 19.4. The van der Waals surface area contributed by atoms with Crippen LogP contribution in [-0.4, -0.2) is 32.5 Å².